The summed E-state index contributed by atoms with van der Waals surface area (Å²) in [6, 6.07) is 3.19. The largest absolute Gasteiger partial charge is 0.504 e. The topological polar surface area (TPSA) is 41.8 Å². The molecule has 0 amide bonds. The van der Waals surface area contributed by atoms with Crippen LogP contribution in [-0.4, -0.2) is 17.4 Å². The van der Waals surface area contributed by atoms with Gasteiger partial charge in [-0.25, -0.2) is 0 Å². The van der Waals surface area contributed by atoms with Crippen molar-refractivity contribution in [3.05, 3.63) is 17.7 Å². The maximum atomic E-state index is 9.37. The van der Waals surface area contributed by atoms with Crippen LogP contribution in [0.2, 0.25) is 0 Å². The molecule has 0 aliphatic rings. The highest BCUT2D eigenvalue weighted by molar-refractivity contribution is 7.78. The molecule has 1 rings (SSSR count). The van der Waals surface area contributed by atoms with Gasteiger partial charge >= 0.3 is 0 Å². The number of hydrogen-bond donors (Lipinski definition) is 1. The van der Waals surface area contributed by atoms with E-state index < -0.39 is 0 Å². The second-order valence-corrected chi connectivity index (χ2v) is 2.70. The van der Waals surface area contributed by atoms with Gasteiger partial charge in [0.15, 0.2) is 11.5 Å². The van der Waals surface area contributed by atoms with E-state index in [1.807, 2.05) is 6.92 Å². The lowest BCUT2D eigenvalue weighted by molar-refractivity contribution is 0.373. The first kappa shape index (κ1) is 9.71. The zero-order chi connectivity index (χ0) is 9.84. The Labute approximate surface area is 81.7 Å². The van der Waals surface area contributed by atoms with Gasteiger partial charge in [0, 0.05) is 6.07 Å². The fourth-order valence-electron chi connectivity index (χ4n) is 0.995. The van der Waals surface area contributed by atoms with Gasteiger partial charge in [0.2, 0.25) is 0 Å². The molecule has 0 radical (unpaired) electrons. The summed E-state index contributed by atoms with van der Waals surface area (Å²) in [4.78, 5) is 3.83. The van der Waals surface area contributed by atoms with Crippen LogP contribution in [0.5, 0.6) is 11.5 Å². The van der Waals surface area contributed by atoms with Gasteiger partial charge in [-0.2, -0.15) is 4.99 Å². The number of thiocarbonyl (C=S) groups is 1. The van der Waals surface area contributed by atoms with Crippen LogP contribution in [0.3, 0.4) is 0 Å². The molecule has 1 N–H and O–H groups in total. The Morgan fingerprint density at radius 2 is 2.23 bits per heavy atom. The summed E-state index contributed by atoms with van der Waals surface area (Å²) in [6.45, 7) is 1.82. The molecule has 1 aromatic carbocycles. The molecule has 0 fully saturated rings. The van der Waals surface area contributed by atoms with Gasteiger partial charge in [0.05, 0.1) is 18.0 Å². The smallest absolute Gasteiger partial charge is 0.162 e. The van der Waals surface area contributed by atoms with Crippen molar-refractivity contribution in [3.8, 4) is 11.5 Å². The molecular weight excluding hydrogens is 186 g/mol. The minimum Gasteiger partial charge on any atom is -0.504 e. The van der Waals surface area contributed by atoms with Gasteiger partial charge in [-0.05, 0) is 30.8 Å². The number of aromatic hydroxyl groups is 1. The molecule has 0 aliphatic heterocycles. The molecule has 3 nitrogen and oxygen atoms in total. The zero-order valence-corrected chi connectivity index (χ0v) is 8.18. The van der Waals surface area contributed by atoms with E-state index in [9.17, 15) is 5.11 Å². The molecule has 68 valence electrons. The van der Waals surface area contributed by atoms with Gasteiger partial charge in [0.25, 0.3) is 0 Å². The van der Waals surface area contributed by atoms with Crippen LogP contribution in [-0.2, 0) is 0 Å². The summed E-state index contributed by atoms with van der Waals surface area (Å²) in [7, 11) is 1.48. The molecule has 13 heavy (non-hydrogen) atoms. The molecule has 4 heteroatoms. The van der Waals surface area contributed by atoms with Gasteiger partial charge in [0.1, 0.15) is 0 Å². The van der Waals surface area contributed by atoms with Crippen LogP contribution in [0.4, 0.5) is 5.69 Å². The fraction of sp³-hybridized carbons (Fsp3) is 0.222. The Hall–Kier alpha value is -1.38. The molecule has 0 aliphatic carbocycles. The van der Waals surface area contributed by atoms with E-state index in [0.29, 0.717) is 11.4 Å². The van der Waals surface area contributed by atoms with Crippen molar-refractivity contribution in [2.75, 3.05) is 7.11 Å². The summed E-state index contributed by atoms with van der Waals surface area (Å²) in [5.74, 6) is 0.484. The fourth-order valence-corrected chi connectivity index (χ4v) is 1.09. The van der Waals surface area contributed by atoms with Crippen LogP contribution in [0.25, 0.3) is 0 Å². The molecule has 0 spiro atoms. The van der Waals surface area contributed by atoms with Gasteiger partial charge in [-0.3, -0.25) is 0 Å². The molecule has 0 heterocycles. The number of rotatable bonds is 2. The second kappa shape index (κ2) is 4.03. The first-order valence-electron chi connectivity index (χ1n) is 3.64. The van der Waals surface area contributed by atoms with Crippen molar-refractivity contribution in [2.24, 2.45) is 4.99 Å². The van der Waals surface area contributed by atoms with Gasteiger partial charge < -0.3 is 9.84 Å². The van der Waals surface area contributed by atoms with Crippen molar-refractivity contribution in [1.82, 2.24) is 0 Å². The van der Waals surface area contributed by atoms with Crippen molar-refractivity contribution in [2.45, 2.75) is 6.92 Å². The lowest BCUT2D eigenvalue weighted by atomic mass is 10.2. The number of isothiocyanates is 1. The average Bonchev–Trinajstić information content (AvgIpc) is 2.10. The Balaban J connectivity index is 3.29. The Bertz CT molecular complexity index is 370. The lowest BCUT2D eigenvalue weighted by Crippen LogP contribution is -1.84. The van der Waals surface area contributed by atoms with E-state index in [-0.39, 0.29) is 5.75 Å². The Morgan fingerprint density at radius 3 is 2.77 bits per heavy atom. The van der Waals surface area contributed by atoms with Crippen LogP contribution in [0.1, 0.15) is 5.56 Å². The summed E-state index contributed by atoms with van der Waals surface area (Å²) in [5, 5.41) is 11.6. The second-order valence-electron chi connectivity index (χ2n) is 2.51. The summed E-state index contributed by atoms with van der Waals surface area (Å²) in [5.41, 5.74) is 1.49. The van der Waals surface area contributed by atoms with Crippen molar-refractivity contribution < 1.29 is 9.84 Å². The zero-order valence-electron chi connectivity index (χ0n) is 7.37. The molecule has 0 saturated heterocycles. The van der Waals surface area contributed by atoms with Crippen LogP contribution in [0, 0.1) is 6.92 Å². The Kier molecular flexibility index (Phi) is 3.01. The van der Waals surface area contributed by atoms with Crippen LogP contribution < -0.4 is 4.74 Å². The molecule has 0 aromatic heterocycles. The predicted octanol–water partition coefficient (Wildman–Crippen LogP) is 2.44. The SMILES string of the molecule is COc1cc(N=C=S)c(C)cc1O. The van der Waals surface area contributed by atoms with E-state index in [4.69, 9.17) is 4.74 Å². The standard InChI is InChI=1S/C9H9NO2S/c1-6-3-8(11)9(12-2)4-7(6)10-5-13/h3-4,11H,1-2H3. The maximum Gasteiger partial charge on any atom is 0.162 e. The van der Waals surface area contributed by atoms with Crippen LogP contribution in [0.15, 0.2) is 17.1 Å². The molecule has 0 atom stereocenters. The normalized spacial score (nSPS) is 9.08. The van der Waals surface area contributed by atoms with E-state index >= 15 is 0 Å². The van der Waals surface area contributed by atoms with Crippen molar-refractivity contribution in [3.63, 3.8) is 0 Å². The number of phenols is 1. The van der Waals surface area contributed by atoms with E-state index in [1.165, 1.54) is 7.11 Å². The minimum atomic E-state index is 0.100. The highest BCUT2D eigenvalue weighted by Gasteiger charge is 2.05. The average molecular weight is 195 g/mol. The third-order valence-corrected chi connectivity index (χ3v) is 1.75. The number of phenolic OH excluding ortho intramolecular Hbond substituents is 1. The first-order chi connectivity index (χ1) is 6.19. The first-order valence-corrected chi connectivity index (χ1v) is 4.05. The number of methoxy groups -OCH3 is 1. The maximum absolute atomic E-state index is 9.37. The number of aryl methyl sites for hydroxylation is 1. The number of benzene rings is 1. The minimum absolute atomic E-state index is 0.100. The summed E-state index contributed by atoms with van der Waals surface area (Å²) >= 11 is 4.49. The summed E-state index contributed by atoms with van der Waals surface area (Å²) < 4.78 is 4.92. The predicted molar refractivity (Wildman–Crippen MR) is 54.1 cm³/mol. The van der Waals surface area contributed by atoms with Crippen LogP contribution >= 0.6 is 12.2 Å². The number of nitrogens with zero attached hydrogens (tertiary/aromatic N) is 1. The monoisotopic (exact) mass is 195 g/mol. The van der Waals surface area contributed by atoms with Gasteiger partial charge in [-0.1, -0.05) is 0 Å². The van der Waals surface area contributed by atoms with E-state index in [1.54, 1.807) is 12.1 Å². The highest BCUT2D eigenvalue weighted by atomic mass is 32.1. The molecule has 0 unspecified atom stereocenters. The van der Waals surface area contributed by atoms with Gasteiger partial charge in [-0.15, -0.1) is 0 Å². The summed E-state index contributed by atoms with van der Waals surface area (Å²) in [6.07, 6.45) is 0. The number of hydrogen-bond acceptors (Lipinski definition) is 4. The van der Waals surface area contributed by atoms with Crippen molar-refractivity contribution in [1.29, 1.82) is 0 Å². The van der Waals surface area contributed by atoms with Crippen molar-refractivity contribution >= 4 is 23.1 Å². The lowest BCUT2D eigenvalue weighted by Gasteiger charge is -2.05. The molecule has 0 saturated carbocycles. The molecule has 0 bridgehead atoms. The third kappa shape index (κ3) is 2.05. The molecule has 1 aromatic rings. The van der Waals surface area contributed by atoms with E-state index in [0.717, 1.165) is 5.56 Å². The third-order valence-electron chi connectivity index (χ3n) is 1.66. The highest BCUT2D eigenvalue weighted by Crippen LogP contribution is 2.33. The number of aliphatic imine (C=N–C) groups is 1. The Morgan fingerprint density at radius 1 is 1.54 bits per heavy atom. The van der Waals surface area contributed by atoms with E-state index in [2.05, 4.69) is 22.4 Å². The molecular formula is C9H9NO2S. The number of ether oxygens (including phenoxy) is 1. The quantitative estimate of drug-likeness (QED) is 0.582.